The van der Waals surface area contributed by atoms with E-state index in [0.717, 1.165) is 0 Å². The molecule has 0 saturated carbocycles. The highest BCUT2D eigenvalue weighted by Gasteiger charge is 2.13. The fourth-order valence-corrected chi connectivity index (χ4v) is 2.78. The molecule has 8 heteroatoms. The van der Waals surface area contributed by atoms with Crippen molar-refractivity contribution in [3.8, 4) is 5.75 Å². The third kappa shape index (κ3) is 6.97. The van der Waals surface area contributed by atoms with E-state index in [9.17, 15) is 18.4 Å². The van der Waals surface area contributed by atoms with Gasteiger partial charge in [0.05, 0.1) is 7.11 Å². The van der Waals surface area contributed by atoms with Crippen molar-refractivity contribution in [2.24, 2.45) is 0 Å². The molecule has 0 atom stereocenters. The fourth-order valence-electron chi connectivity index (χ4n) is 2.78. The Morgan fingerprint density at radius 2 is 1.80 bits per heavy atom. The Morgan fingerprint density at radius 1 is 1.07 bits per heavy atom. The molecule has 2 aromatic carbocycles. The van der Waals surface area contributed by atoms with E-state index in [1.165, 1.54) is 49.6 Å². The lowest BCUT2D eigenvalue weighted by Gasteiger charge is -2.11. The Balaban J connectivity index is 2.11. The van der Waals surface area contributed by atoms with Crippen molar-refractivity contribution in [3.05, 3.63) is 65.2 Å². The van der Waals surface area contributed by atoms with Crippen LogP contribution in [0.1, 0.15) is 36.8 Å². The van der Waals surface area contributed by atoms with Crippen LogP contribution in [0.25, 0.3) is 11.6 Å². The summed E-state index contributed by atoms with van der Waals surface area (Å²) in [6.07, 6.45) is 3.70. The number of hydroxylamine groups is 1. The maximum Gasteiger partial charge on any atom is 0.251 e. The summed E-state index contributed by atoms with van der Waals surface area (Å²) in [6, 6.07) is 9.73. The number of rotatable bonds is 10. The van der Waals surface area contributed by atoms with Gasteiger partial charge in [-0.25, -0.2) is 14.3 Å². The third-order valence-corrected chi connectivity index (χ3v) is 4.38. The first-order chi connectivity index (χ1) is 14.4. The number of benzene rings is 2. The lowest BCUT2D eigenvalue weighted by atomic mass is 10.0. The zero-order valence-corrected chi connectivity index (χ0v) is 16.6. The highest BCUT2D eigenvalue weighted by atomic mass is 19.1. The Labute approximate surface area is 173 Å². The van der Waals surface area contributed by atoms with Crippen molar-refractivity contribution in [3.63, 3.8) is 0 Å². The molecule has 0 radical (unpaired) electrons. The van der Waals surface area contributed by atoms with E-state index in [1.54, 1.807) is 11.6 Å². The number of carbonyl (C=O) groups is 2. The second-order valence-electron chi connectivity index (χ2n) is 6.56. The van der Waals surface area contributed by atoms with Crippen molar-refractivity contribution in [1.82, 2.24) is 10.8 Å². The van der Waals surface area contributed by atoms with Gasteiger partial charge in [0.15, 0.2) is 11.6 Å². The molecule has 0 aliphatic rings. The molecule has 6 nitrogen and oxygen atoms in total. The molecule has 160 valence electrons. The number of unbranched alkanes of at least 4 members (excludes halogenated alkanes) is 2. The second kappa shape index (κ2) is 11.7. The number of carbonyl (C=O) groups excluding carboxylic acids is 2. The number of amides is 2. The molecule has 0 aliphatic heterocycles. The molecular formula is C22H24F2N2O4. The monoisotopic (exact) mass is 418 g/mol. The molecule has 0 unspecified atom stereocenters. The maximum atomic E-state index is 13.7. The van der Waals surface area contributed by atoms with Gasteiger partial charge >= 0.3 is 0 Å². The van der Waals surface area contributed by atoms with Crippen molar-refractivity contribution < 1.29 is 28.3 Å². The van der Waals surface area contributed by atoms with Crippen LogP contribution in [-0.4, -0.2) is 30.7 Å². The van der Waals surface area contributed by atoms with Gasteiger partial charge in [0.25, 0.3) is 5.91 Å². The van der Waals surface area contributed by atoms with Crippen LogP contribution in [0.5, 0.6) is 5.75 Å². The predicted molar refractivity (Wildman–Crippen MR) is 109 cm³/mol. The number of nitrogens with one attached hydrogen (secondary N) is 2. The van der Waals surface area contributed by atoms with Gasteiger partial charge in [0.1, 0.15) is 5.82 Å². The minimum absolute atomic E-state index is 0.0505. The van der Waals surface area contributed by atoms with Gasteiger partial charge in [0.2, 0.25) is 5.91 Å². The van der Waals surface area contributed by atoms with E-state index in [-0.39, 0.29) is 18.1 Å². The van der Waals surface area contributed by atoms with E-state index < -0.39 is 17.5 Å². The molecule has 2 rings (SSSR count). The van der Waals surface area contributed by atoms with Crippen LogP contribution < -0.4 is 15.5 Å². The standard InChI is InChI=1S/C22H24F2N2O4/c1-30-20-14-15(6-11-19(20)24)13-18(16-7-9-17(23)10-8-16)22(28)25-12-4-2-3-5-21(27)26-29/h6-11,13-14,29H,2-5,12H2,1H3,(H,25,28)(H,26,27). The van der Waals surface area contributed by atoms with Crippen LogP contribution in [0, 0.1) is 11.6 Å². The molecule has 0 fully saturated rings. The van der Waals surface area contributed by atoms with Crippen molar-refractivity contribution in [2.45, 2.75) is 25.7 Å². The molecule has 0 saturated heterocycles. The first-order valence-electron chi connectivity index (χ1n) is 9.47. The summed E-state index contributed by atoms with van der Waals surface area (Å²) in [5, 5.41) is 11.3. The quantitative estimate of drug-likeness (QED) is 0.181. The van der Waals surface area contributed by atoms with Gasteiger partial charge < -0.3 is 10.1 Å². The van der Waals surface area contributed by atoms with Gasteiger partial charge in [-0.15, -0.1) is 0 Å². The van der Waals surface area contributed by atoms with Gasteiger partial charge in [-0.05, 0) is 54.3 Å². The van der Waals surface area contributed by atoms with Crippen molar-refractivity contribution in [2.75, 3.05) is 13.7 Å². The van der Waals surface area contributed by atoms with E-state index in [2.05, 4.69) is 5.32 Å². The molecular weight excluding hydrogens is 394 g/mol. The van der Waals surface area contributed by atoms with E-state index in [1.807, 2.05) is 0 Å². The molecule has 0 aliphatic carbocycles. The summed E-state index contributed by atoms with van der Waals surface area (Å²) in [7, 11) is 1.35. The normalized spacial score (nSPS) is 11.1. The van der Waals surface area contributed by atoms with Crippen molar-refractivity contribution >= 4 is 23.5 Å². The highest BCUT2D eigenvalue weighted by molar-refractivity contribution is 6.24. The van der Waals surface area contributed by atoms with E-state index in [4.69, 9.17) is 9.94 Å². The smallest absolute Gasteiger partial charge is 0.251 e. The molecule has 2 amide bonds. The van der Waals surface area contributed by atoms with E-state index in [0.29, 0.717) is 42.5 Å². The number of hydrogen-bond acceptors (Lipinski definition) is 4. The van der Waals surface area contributed by atoms with Crippen LogP contribution in [0.3, 0.4) is 0 Å². The lowest BCUT2D eigenvalue weighted by Crippen LogP contribution is -2.25. The number of ether oxygens (including phenoxy) is 1. The topological polar surface area (TPSA) is 87.7 Å². The number of hydrogen-bond donors (Lipinski definition) is 3. The molecule has 0 heterocycles. The average molecular weight is 418 g/mol. The Hall–Kier alpha value is -3.26. The zero-order chi connectivity index (χ0) is 21.9. The summed E-state index contributed by atoms with van der Waals surface area (Å²) in [4.78, 5) is 23.7. The number of methoxy groups -OCH3 is 1. The molecule has 3 N–H and O–H groups in total. The summed E-state index contributed by atoms with van der Waals surface area (Å²) in [6.45, 7) is 0.380. The molecule has 30 heavy (non-hydrogen) atoms. The summed E-state index contributed by atoms with van der Waals surface area (Å²) in [5.74, 6) is -1.70. The van der Waals surface area contributed by atoms with Crippen LogP contribution in [0.2, 0.25) is 0 Å². The van der Waals surface area contributed by atoms with Crippen LogP contribution in [0.15, 0.2) is 42.5 Å². The van der Waals surface area contributed by atoms with Crippen LogP contribution in [0.4, 0.5) is 8.78 Å². The Morgan fingerprint density at radius 3 is 2.47 bits per heavy atom. The minimum Gasteiger partial charge on any atom is -0.494 e. The fraction of sp³-hybridized carbons (Fsp3) is 0.273. The van der Waals surface area contributed by atoms with Crippen LogP contribution >= 0.6 is 0 Å². The molecule has 0 aromatic heterocycles. The van der Waals surface area contributed by atoms with E-state index >= 15 is 0 Å². The maximum absolute atomic E-state index is 13.7. The van der Waals surface area contributed by atoms with Gasteiger partial charge in [-0.1, -0.05) is 24.6 Å². The molecule has 0 bridgehead atoms. The first-order valence-corrected chi connectivity index (χ1v) is 9.47. The molecule has 0 spiro atoms. The van der Waals surface area contributed by atoms with Gasteiger partial charge in [-0.3, -0.25) is 14.8 Å². The van der Waals surface area contributed by atoms with Gasteiger partial charge in [-0.2, -0.15) is 0 Å². The zero-order valence-electron chi connectivity index (χ0n) is 16.6. The summed E-state index contributed by atoms with van der Waals surface area (Å²) >= 11 is 0. The Kier molecular flexibility index (Phi) is 8.96. The Bertz CT molecular complexity index is 899. The summed E-state index contributed by atoms with van der Waals surface area (Å²) < 4.78 is 31.9. The van der Waals surface area contributed by atoms with Crippen LogP contribution in [-0.2, 0) is 9.59 Å². The highest BCUT2D eigenvalue weighted by Crippen LogP contribution is 2.23. The lowest BCUT2D eigenvalue weighted by molar-refractivity contribution is -0.129. The largest absolute Gasteiger partial charge is 0.494 e. The number of halogens is 2. The SMILES string of the molecule is COc1cc(C=C(C(=O)NCCCCCC(=O)NO)c2ccc(F)cc2)ccc1F. The van der Waals surface area contributed by atoms with Gasteiger partial charge in [0, 0.05) is 18.5 Å². The van der Waals surface area contributed by atoms with Crippen molar-refractivity contribution in [1.29, 1.82) is 0 Å². The summed E-state index contributed by atoms with van der Waals surface area (Å²) in [5.41, 5.74) is 2.93. The third-order valence-electron chi connectivity index (χ3n) is 4.38. The molecule has 2 aromatic rings. The average Bonchev–Trinajstić information content (AvgIpc) is 2.75. The first kappa shape index (κ1) is 23.0. The second-order valence-corrected chi connectivity index (χ2v) is 6.56. The minimum atomic E-state index is -0.516. The predicted octanol–water partition coefficient (Wildman–Crippen LogP) is 3.70.